The molecular weight excluding hydrogens is 229 g/mol. The maximum absolute atomic E-state index is 12.1. The normalized spacial score (nSPS) is 13.1. The van der Waals surface area contributed by atoms with Gasteiger partial charge in [-0.3, -0.25) is 0 Å². The number of hydrogen-bond acceptors (Lipinski definition) is 2. The Bertz CT molecular complexity index is 297. The van der Waals surface area contributed by atoms with Gasteiger partial charge in [0.05, 0.1) is 5.56 Å². The maximum atomic E-state index is 12.1. The van der Waals surface area contributed by atoms with Crippen LogP contribution in [0.15, 0.2) is 24.3 Å². The summed E-state index contributed by atoms with van der Waals surface area (Å²) in [6, 6.07) is 4.30. The van der Waals surface area contributed by atoms with Crippen LogP contribution in [0.5, 0.6) is 0 Å². The highest BCUT2D eigenvalue weighted by molar-refractivity contribution is 5.85. The number of hydrogen-bond donors (Lipinski definition) is 2. The smallest absolute Gasteiger partial charge is 0.329 e. The van der Waals surface area contributed by atoms with E-state index >= 15 is 0 Å². The van der Waals surface area contributed by atoms with Gasteiger partial charge in [-0.2, -0.15) is 13.2 Å². The average molecular weight is 241 g/mol. The van der Waals surface area contributed by atoms with E-state index in [1.807, 2.05) is 0 Å². The molecule has 0 saturated heterocycles. The molecule has 0 fully saturated rings. The summed E-state index contributed by atoms with van der Waals surface area (Å²) in [6.07, 6.45) is -4.30. The Balaban J connectivity index is 0.00000196. The van der Waals surface area contributed by atoms with E-state index < -0.39 is 17.8 Å². The van der Waals surface area contributed by atoms with Gasteiger partial charge in [0.25, 0.3) is 0 Å². The molecule has 0 unspecified atom stereocenters. The quantitative estimate of drug-likeness (QED) is 0.832. The van der Waals surface area contributed by atoms with Crippen molar-refractivity contribution >= 4 is 12.4 Å². The van der Waals surface area contributed by atoms with E-state index in [0.717, 1.165) is 12.1 Å². The van der Waals surface area contributed by atoms with Gasteiger partial charge < -0.3 is 11.5 Å². The lowest BCUT2D eigenvalue weighted by atomic mass is 10.1. The number of nitrogens with two attached hydrogens (primary N) is 2. The minimum Gasteiger partial charge on any atom is -0.329 e. The zero-order chi connectivity index (χ0) is 10.8. The number of rotatable bonds is 2. The van der Waals surface area contributed by atoms with Crippen molar-refractivity contribution in [3.8, 4) is 0 Å². The summed E-state index contributed by atoms with van der Waals surface area (Å²) >= 11 is 0. The van der Waals surface area contributed by atoms with Crippen molar-refractivity contribution in [2.45, 2.75) is 12.2 Å². The van der Waals surface area contributed by atoms with Crippen molar-refractivity contribution in [3.63, 3.8) is 0 Å². The van der Waals surface area contributed by atoms with Crippen LogP contribution in [0.1, 0.15) is 17.2 Å². The molecular formula is C9H12ClF3N2. The third kappa shape index (κ3) is 3.70. The van der Waals surface area contributed by atoms with Crippen LogP contribution in [0.4, 0.5) is 13.2 Å². The standard InChI is InChI=1S/C9H11F3N2.ClH/c10-9(11,12)7-3-1-6(2-4-7)8(14)5-13;/h1-4,8H,5,13-14H2;1H/t8-;/m0./s1. The fourth-order valence-corrected chi connectivity index (χ4v) is 1.06. The van der Waals surface area contributed by atoms with Crippen molar-refractivity contribution in [2.75, 3.05) is 6.54 Å². The first kappa shape index (κ1) is 14.2. The first-order valence-corrected chi connectivity index (χ1v) is 4.08. The second-order valence-corrected chi connectivity index (χ2v) is 2.96. The van der Waals surface area contributed by atoms with Gasteiger partial charge >= 0.3 is 6.18 Å². The van der Waals surface area contributed by atoms with E-state index in [4.69, 9.17) is 11.5 Å². The Hall–Kier alpha value is -0.780. The molecule has 0 aliphatic rings. The van der Waals surface area contributed by atoms with Gasteiger partial charge in [-0.25, -0.2) is 0 Å². The first-order valence-electron chi connectivity index (χ1n) is 4.08. The van der Waals surface area contributed by atoms with Crippen LogP contribution < -0.4 is 11.5 Å². The van der Waals surface area contributed by atoms with Crippen LogP contribution >= 0.6 is 12.4 Å². The van der Waals surface area contributed by atoms with Gasteiger partial charge in [0, 0.05) is 12.6 Å². The molecule has 6 heteroatoms. The first-order chi connectivity index (χ1) is 6.45. The number of benzene rings is 1. The summed E-state index contributed by atoms with van der Waals surface area (Å²) in [5.41, 5.74) is 10.8. The van der Waals surface area contributed by atoms with Gasteiger partial charge in [-0.05, 0) is 17.7 Å². The second-order valence-electron chi connectivity index (χ2n) is 2.96. The Morgan fingerprint density at radius 2 is 1.60 bits per heavy atom. The van der Waals surface area contributed by atoms with Gasteiger partial charge in [0.1, 0.15) is 0 Å². The fourth-order valence-electron chi connectivity index (χ4n) is 1.06. The second kappa shape index (κ2) is 5.34. The summed E-state index contributed by atoms with van der Waals surface area (Å²) in [5, 5.41) is 0. The highest BCUT2D eigenvalue weighted by atomic mass is 35.5. The van der Waals surface area contributed by atoms with Gasteiger partial charge in [0.2, 0.25) is 0 Å². The predicted octanol–water partition coefficient (Wildman–Crippen LogP) is 2.09. The third-order valence-electron chi connectivity index (χ3n) is 1.92. The molecule has 15 heavy (non-hydrogen) atoms. The Labute approximate surface area is 91.9 Å². The SMILES string of the molecule is Cl.NC[C@H](N)c1ccc(C(F)(F)F)cc1. The zero-order valence-corrected chi connectivity index (χ0v) is 8.61. The average Bonchev–Trinajstić information content (AvgIpc) is 2.15. The van der Waals surface area contributed by atoms with E-state index in [-0.39, 0.29) is 19.0 Å². The summed E-state index contributed by atoms with van der Waals surface area (Å²) in [6.45, 7) is 0.214. The summed E-state index contributed by atoms with van der Waals surface area (Å²) in [5.74, 6) is 0. The summed E-state index contributed by atoms with van der Waals surface area (Å²) < 4.78 is 36.4. The number of halogens is 4. The molecule has 4 N–H and O–H groups in total. The Morgan fingerprint density at radius 3 is 1.93 bits per heavy atom. The van der Waals surface area contributed by atoms with E-state index in [0.29, 0.717) is 5.56 Å². The molecule has 1 atom stereocenters. The van der Waals surface area contributed by atoms with E-state index in [1.165, 1.54) is 12.1 Å². The maximum Gasteiger partial charge on any atom is 0.416 e. The minimum atomic E-state index is -4.30. The van der Waals surface area contributed by atoms with Crippen LogP contribution in [-0.4, -0.2) is 6.54 Å². The minimum absolute atomic E-state index is 0. The van der Waals surface area contributed by atoms with Crippen molar-refractivity contribution < 1.29 is 13.2 Å². The van der Waals surface area contributed by atoms with E-state index in [1.54, 1.807) is 0 Å². The zero-order valence-electron chi connectivity index (χ0n) is 7.79. The molecule has 0 saturated carbocycles. The van der Waals surface area contributed by atoms with Crippen LogP contribution in [0, 0.1) is 0 Å². The topological polar surface area (TPSA) is 52.0 Å². The molecule has 0 spiro atoms. The monoisotopic (exact) mass is 240 g/mol. The van der Waals surface area contributed by atoms with E-state index in [9.17, 15) is 13.2 Å². The van der Waals surface area contributed by atoms with Crippen molar-refractivity contribution in [1.29, 1.82) is 0 Å². The predicted molar refractivity (Wildman–Crippen MR) is 54.7 cm³/mol. The highest BCUT2D eigenvalue weighted by Gasteiger charge is 2.30. The Kier molecular flexibility index (Phi) is 5.07. The van der Waals surface area contributed by atoms with Crippen molar-refractivity contribution in [1.82, 2.24) is 0 Å². The molecule has 86 valence electrons. The van der Waals surface area contributed by atoms with Crippen molar-refractivity contribution in [2.24, 2.45) is 11.5 Å². The van der Waals surface area contributed by atoms with Gasteiger partial charge in [-0.1, -0.05) is 12.1 Å². The Morgan fingerprint density at radius 1 is 1.13 bits per heavy atom. The molecule has 0 heterocycles. The van der Waals surface area contributed by atoms with Crippen LogP contribution in [-0.2, 0) is 6.18 Å². The van der Waals surface area contributed by atoms with E-state index in [2.05, 4.69) is 0 Å². The van der Waals surface area contributed by atoms with Gasteiger partial charge in [-0.15, -0.1) is 12.4 Å². The molecule has 0 amide bonds. The largest absolute Gasteiger partial charge is 0.416 e. The highest BCUT2D eigenvalue weighted by Crippen LogP contribution is 2.29. The molecule has 0 aromatic heterocycles. The van der Waals surface area contributed by atoms with Gasteiger partial charge in [0.15, 0.2) is 0 Å². The molecule has 0 aliphatic heterocycles. The van der Waals surface area contributed by atoms with Crippen LogP contribution in [0.3, 0.4) is 0 Å². The lowest BCUT2D eigenvalue weighted by Crippen LogP contribution is -2.20. The summed E-state index contributed by atoms with van der Waals surface area (Å²) in [4.78, 5) is 0. The molecule has 2 nitrogen and oxygen atoms in total. The lowest BCUT2D eigenvalue weighted by molar-refractivity contribution is -0.137. The lowest BCUT2D eigenvalue weighted by Gasteiger charge is -2.11. The molecule has 1 aromatic rings. The molecule has 0 aliphatic carbocycles. The summed E-state index contributed by atoms with van der Waals surface area (Å²) in [7, 11) is 0. The third-order valence-corrected chi connectivity index (χ3v) is 1.92. The van der Waals surface area contributed by atoms with Crippen LogP contribution in [0.2, 0.25) is 0 Å². The molecule has 1 rings (SSSR count). The van der Waals surface area contributed by atoms with Crippen LogP contribution in [0.25, 0.3) is 0 Å². The number of alkyl halides is 3. The fraction of sp³-hybridized carbons (Fsp3) is 0.333. The molecule has 0 bridgehead atoms. The van der Waals surface area contributed by atoms with Crippen molar-refractivity contribution in [3.05, 3.63) is 35.4 Å². The molecule has 1 aromatic carbocycles. The molecule has 0 radical (unpaired) electrons.